The van der Waals surface area contributed by atoms with Gasteiger partial charge in [0.15, 0.2) is 5.78 Å². The predicted octanol–water partition coefficient (Wildman–Crippen LogP) is 1.98. The van der Waals surface area contributed by atoms with Crippen LogP contribution < -0.4 is 0 Å². The Morgan fingerprint density at radius 1 is 1.41 bits per heavy atom. The van der Waals surface area contributed by atoms with E-state index in [2.05, 4.69) is 0 Å². The molecule has 1 saturated heterocycles. The van der Waals surface area contributed by atoms with Crippen molar-refractivity contribution in [3.8, 4) is 0 Å². The highest BCUT2D eigenvalue weighted by Crippen LogP contribution is 2.13. The topological polar surface area (TPSA) is 29.5 Å². The van der Waals surface area contributed by atoms with Crippen LogP contribution in [-0.4, -0.2) is 43.5 Å². The molecule has 1 aliphatic heterocycles. The summed E-state index contributed by atoms with van der Waals surface area (Å²) in [7, 11) is 1.97. The number of nitrogens with zero attached hydrogens (tertiary/aromatic N) is 1. The van der Waals surface area contributed by atoms with Gasteiger partial charge in [-0.15, -0.1) is 0 Å². The van der Waals surface area contributed by atoms with Crippen LogP contribution >= 0.6 is 0 Å². The first kappa shape index (κ1) is 12.3. The fourth-order valence-electron chi connectivity index (χ4n) is 2.16. The molecule has 3 nitrogen and oxygen atoms in total. The fourth-order valence-corrected chi connectivity index (χ4v) is 2.16. The Labute approximate surface area is 102 Å². The van der Waals surface area contributed by atoms with Crippen molar-refractivity contribution in [2.24, 2.45) is 0 Å². The number of rotatable bonds is 5. The molecule has 0 aromatic heterocycles. The van der Waals surface area contributed by atoms with Gasteiger partial charge in [0.1, 0.15) is 0 Å². The zero-order valence-corrected chi connectivity index (χ0v) is 10.3. The lowest BCUT2D eigenvalue weighted by atomic mass is 10.1. The van der Waals surface area contributed by atoms with Gasteiger partial charge >= 0.3 is 0 Å². The van der Waals surface area contributed by atoms with E-state index in [-0.39, 0.29) is 5.78 Å². The molecule has 0 amide bonds. The fraction of sp³-hybridized carbons (Fsp3) is 0.500. The van der Waals surface area contributed by atoms with Crippen molar-refractivity contribution in [3.05, 3.63) is 35.9 Å². The van der Waals surface area contributed by atoms with Crippen molar-refractivity contribution < 1.29 is 9.53 Å². The summed E-state index contributed by atoms with van der Waals surface area (Å²) in [5, 5.41) is 0. The van der Waals surface area contributed by atoms with Gasteiger partial charge in [0.05, 0.1) is 12.6 Å². The molecule has 0 bridgehead atoms. The molecule has 2 rings (SSSR count). The second kappa shape index (κ2) is 5.94. The van der Waals surface area contributed by atoms with Gasteiger partial charge in [-0.3, -0.25) is 9.69 Å². The number of carbonyl (C=O) groups excluding carboxylic acids is 1. The maximum Gasteiger partial charge on any atom is 0.176 e. The summed E-state index contributed by atoms with van der Waals surface area (Å²) in [5.74, 6) is 0.172. The van der Waals surface area contributed by atoms with E-state index in [0.717, 1.165) is 31.6 Å². The summed E-state index contributed by atoms with van der Waals surface area (Å²) in [6.45, 7) is 2.17. The summed E-state index contributed by atoms with van der Waals surface area (Å²) in [5.41, 5.74) is 0.784. The number of ketones is 1. The molecule has 1 aromatic rings. The van der Waals surface area contributed by atoms with Crippen molar-refractivity contribution in [2.45, 2.75) is 18.9 Å². The highest BCUT2D eigenvalue weighted by molar-refractivity contribution is 5.97. The molecule has 1 heterocycles. The third-order valence-electron chi connectivity index (χ3n) is 3.05. The van der Waals surface area contributed by atoms with Crippen molar-refractivity contribution in [1.29, 1.82) is 0 Å². The van der Waals surface area contributed by atoms with E-state index in [1.54, 1.807) is 0 Å². The molecule has 0 radical (unpaired) electrons. The number of carbonyl (C=O) groups is 1. The molecule has 1 unspecified atom stereocenters. The number of hydrogen-bond donors (Lipinski definition) is 0. The first-order chi connectivity index (χ1) is 8.25. The molecule has 1 aromatic carbocycles. The summed E-state index contributed by atoms with van der Waals surface area (Å²) in [4.78, 5) is 14.0. The molecule has 0 spiro atoms. The molecule has 1 atom stereocenters. The maximum atomic E-state index is 11.9. The average molecular weight is 233 g/mol. The molecule has 1 fully saturated rings. The smallest absolute Gasteiger partial charge is 0.176 e. The van der Waals surface area contributed by atoms with Crippen LogP contribution in [0.2, 0.25) is 0 Å². The Morgan fingerprint density at radius 3 is 2.82 bits per heavy atom. The van der Waals surface area contributed by atoms with E-state index in [1.807, 2.05) is 42.3 Å². The van der Waals surface area contributed by atoms with Crippen molar-refractivity contribution in [1.82, 2.24) is 4.90 Å². The molecule has 0 N–H and O–H groups in total. The third kappa shape index (κ3) is 3.65. The summed E-state index contributed by atoms with van der Waals surface area (Å²) < 4.78 is 5.56. The Morgan fingerprint density at radius 2 is 2.18 bits per heavy atom. The highest BCUT2D eigenvalue weighted by Gasteiger charge is 2.18. The monoisotopic (exact) mass is 233 g/mol. The molecular weight excluding hydrogens is 214 g/mol. The van der Waals surface area contributed by atoms with Gasteiger partial charge in [0.25, 0.3) is 0 Å². The molecule has 17 heavy (non-hydrogen) atoms. The van der Waals surface area contributed by atoms with Crippen LogP contribution in [-0.2, 0) is 4.74 Å². The SMILES string of the molecule is CN(CC(=O)c1ccccc1)CC1CCCO1. The van der Waals surface area contributed by atoms with Gasteiger partial charge in [0, 0.05) is 18.7 Å². The maximum absolute atomic E-state index is 11.9. The van der Waals surface area contributed by atoms with Gasteiger partial charge in [-0.25, -0.2) is 0 Å². The molecule has 1 aliphatic rings. The summed E-state index contributed by atoms with van der Waals surface area (Å²) in [6.07, 6.45) is 2.57. The van der Waals surface area contributed by atoms with E-state index in [0.29, 0.717) is 12.6 Å². The van der Waals surface area contributed by atoms with E-state index < -0.39 is 0 Å². The molecule has 0 aliphatic carbocycles. The van der Waals surface area contributed by atoms with Gasteiger partial charge in [-0.2, -0.15) is 0 Å². The van der Waals surface area contributed by atoms with Crippen LogP contribution in [0.1, 0.15) is 23.2 Å². The summed E-state index contributed by atoms with van der Waals surface area (Å²) >= 11 is 0. The largest absolute Gasteiger partial charge is 0.377 e. The zero-order valence-electron chi connectivity index (χ0n) is 10.3. The first-order valence-corrected chi connectivity index (χ1v) is 6.14. The van der Waals surface area contributed by atoms with Crippen LogP contribution in [0.15, 0.2) is 30.3 Å². The van der Waals surface area contributed by atoms with E-state index in [9.17, 15) is 4.79 Å². The standard InChI is InChI=1S/C14H19NO2/c1-15(10-13-8-5-9-17-13)11-14(16)12-6-3-2-4-7-12/h2-4,6-7,13H,5,8-11H2,1H3. The van der Waals surface area contributed by atoms with E-state index >= 15 is 0 Å². The molecular formula is C14H19NO2. The second-order valence-electron chi connectivity index (χ2n) is 4.62. The van der Waals surface area contributed by atoms with E-state index in [4.69, 9.17) is 4.74 Å². The van der Waals surface area contributed by atoms with Gasteiger partial charge in [-0.1, -0.05) is 30.3 Å². The van der Waals surface area contributed by atoms with Crippen molar-refractivity contribution in [3.63, 3.8) is 0 Å². The lowest BCUT2D eigenvalue weighted by Gasteiger charge is -2.19. The van der Waals surface area contributed by atoms with Crippen LogP contribution in [0.4, 0.5) is 0 Å². The Bertz CT molecular complexity index is 358. The zero-order chi connectivity index (χ0) is 12.1. The predicted molar refractivity (Wildman–Crippen MR) is 67.2 cm³/mol. The lowest BCUT2D eigenvalue weighted by molar-refractivity contribution is 0.0740. The number of Topliss-reactive ketones (excluding diaryl/α,β-unsaturated/α-hetero) is 1. The van der Waals surface area contributed by atoms with Crippen LogP contribution in [0.5, 0.6) is 0 Å². The van der Waals surface area contributed by atoms with Gasteiger partial charge in [0.2, 0.25) is 0 Å². The van der Waals surface area contributed by atoms with Crippen LogP contribution in [0.3, 0.4) is 0 Å². The quantitative estimate of drug-likeness (QED) is 0.728. The third-order valence-corrected chi connectivity index (χ3v) is 3.05. The molecule has 3 heteroatoms. The number of benzene rings is 1. The van der Waals surface area contributed by atoms with E-state index in [1.165, 1.54) is 0 Å². The van der Waals surface area contributed by atoms with Gasteiger partial charge in [-0.05, 0) is 19.9 Å². The van der Waals surface area contributed by atoms with Crippen molar-refractivity contribution >= 4 is 5.78 Å². The van der Waals surface area contributed by atoms with Crippen molar-refractivity contribution in [2.75, 3.05) is 26.7 Å². The Kier molecular flexibility index (Phi) is 4.29. The first-order valence-electron chi connectivity index (χ1n) is 6.14. The number of hydrogen-bond acceptors (Lipinski definition) is 3. The van der Waals surface area contributed by atoms with Crippen LogP contribution in [0, 0.1) is 0 Å². The normalized spacial score (nSPS) is 19.8. The Balaban J connectivity index is 1.81. The molecule has 0 saturated carbocycles. The highest BCUT2D eigenvalue weighted by atomic mass is 16.5. The second-order valence-corrected chi connectivity index (χ2v) is 4.62. The summed E-state index contributed by atoms with van der Waals surface area (Å²) in [6, 6.07) is 9.44. The van der Waals surface area contributed by atoms with Crippen LogP contribution in [0.25, 0.3) is 0 Å². The number of likely N-dealkylation sites (N-methyl/N-ethyl adjacent to an activating group) is 1. The molecule has 92 valence electrons. The minimum absolute atomic E-state index is 0.172. The minimum Gasteiger partial charge on any atom is -0.377 e. The average Bonchev–Trinajstić information content (AvgIpc) is 2.82. The lowest BCUT2D eigenvalue weighted by Crippen LogP contribution is -2.33. The minimum atomic E-state index is 0.172. The Hall–Kier alpha value is -1.19. The van der Waals surface area contributed by atoms with Gasteiger partial charge < -0.3 is 4.74 Å². The number of ether oxygens (including phenoxy) is 1.